The Morgan fingerprint density at radius 1 is 1.15 bits per heavy atom. The first-order valence-corrected chi connectivity index (χ1v) is 9.96. The predicted molar refractivity (Wildman–Crippen MR) is 90.0 cm³/mol. The predicted octanol–water partition coefficient (Wildman–Crippen LogP) is 0.498. The molecule has 1 fully saturated rings. The second kappa shape index (κ2) is 6.59. The van der Waals surface area contributed by atoms with Crippen molar-refractivity contribution in [1.82, 2.24) is 24.0 Å². The van der Waals surface area contributed by atoms with E-state index in [9.17, 15) is 22.3 Å². The molecule has 2 aliphatic rings. The molecular formula is C16H19F2N5O3S. The number of aliphatic hydroxyl groups excluding tert-OH is 1. The summed E-state index contributed by atoms with van der Waals surface area (Å²) in [5.74, 6) is -0.734. The number of β-amino-alcohol motifs (C(OH)–C–C–N with tert-alkyl or cyclic N) is 1. The standard InChI is InChI=1S/C16H19F2N5O3S/c1-21-8-12(24)7-14(21)16-20-19-15-9-22(2-3-23(15)16)27(25,26)13-5-10(17)4-11(18)6-13/h4-6,12,14,24H,2-3,7-9H2,1H3/t12-,14+/m1/s1. The van der Waals surface area contributed by atoms with Gasteiger partial charge < -0.3 is 9.67 Å². The number of aromatic nitrogens is 3. The van der Waals surface area contributed by atoms with Crippen LogP contribution in [0.15, 0.2) is 23.1 Å². The molecule has 2 aromatic rings. The quantitative estimate of drug-likeness (QED) is 0.808. The summed E-state index contributed by atoms with van der Waals surface area (Å²) in [7, 11) is -2.17. The minimum atomic E-state index is -4.06. The van der Waals surface area contributed by atoms with Crippen LogP contribution in [0, 0.1) is 11.6 Å². The zero-order valence-electron chi connectivity index (χ0n) is 14.6. The van der Waals surface area contributed by atoms with Crippen LogP contribution in [0.5, 0.6) is 0 Å². The minimum Gasteiger partial charge on any atom is -0.392 e. The number of likely N-dealkylation sites (N-methyl/N-ethyl adjacent to an activating group) is 1. The van der Waals surface area contributed by atoms with Crippen molar-refractivity contribution < 1.29 is 22.3 Å². The number of benzene rings is 1. The fraction of sp³-hybridized carbons (Fsp3) is 0.500. The van der Waals surface area contributed by atoms with E-state index in [0.717, 1.165) is 16.4 Å². The van der Waals surface area contributed by atoms with Gasteiger partial charge in [-0.2, -0.15) is 4.31 Å². The maximum absolute atomic E-state index is 13.4. The van der Waals surface area contributed by atoms with E-state index in [1.165, 1.54) is 0 Å². The van der Waals surface area contributed by atoms with E-state index in [2.05, 4.69) is 10.2 Å². The van der Waals surface area contributed by atoms with Crippen LogP contribution in [-0.2, 0) is 23.1 Å². The molecule has 2 aliphatic heterocycles. The molecule has 4 rings (SSSR count). The number of nitrogens with zero attached hydrogens (tertiary/aromatic N) is 5. The van der Waals surface area contributed by atoms with Crippen LogP contribution in [0.25, 0.3) is 0 Å². The van der Waals surface area contributed by atoms with E-state index < -0.39 is 32.7 Å². The Morgan fingerprint density at radius 3 is 2.48 bits per heavy atom. The van der Waals surface area contributed by atoms with Crippen molar-refractivity contribution in [2.24, 2.45) is 0 Å². The highest BCUT2D eigenvalue weighted by Crippen LogP contribution is 2.31. The summed E-state index contributed by atoms with van der Waals surface area (Å²) in [5.41, 5.74) is 0. The SMILES string of the molecule is CN1C[C@H](O)C[C@H]1c1nnc2n1CCN(S(=O)(=O)c1cc(F)cc(F)c1)C2. The molecule has 0 unspecified atom stereocenters. The van der Waals surface area contributed by atoms with Crippen molar-refractivity contribution in [3.63, 3.8) is 0 Å². The molecule has 0 amide bonds. The fourth-order valence-corrected chi connectivity index (χ4v) is 5.14. The van der Waals surface area contributed by atoms with Gasteiger partial charge in [-0.25, -0.2) is 17.2 Å². The third kappa shape index (κ3) is 3.24. The molecule has 146 valence electrons. The summed E-state index contributed by atoms with van der Waals surface area (Å²) in [5, 5.41) is 18.1. The molecule has 8 nitrogen and oxygen atoms in total. The average Bonchev–Trinajstić information content (AvgIpc) is 3.15. The zero-order valence-corrected chi connectivity index (χ0v) is 15.4. The van der Waals surface area contributed by atoms with Gasteiger partial charge in [0, 0.05) is 25.7 Å². The van der Waals surface area contributed by atoms with Gasteiger partial charge >= 0.3 is 0 Å². The number of sulfonamides is 1. The van der Waals surface area contributed by atoms with E-state index in [0.29, 0.717) is 37.2 Å². The Morgan fingerprint density at radius 2 is 1.85 bits per heavy atom. The minimum absolute atomic E-state index is 0.0353. The van der Waals surface area contributed by atoms with E-state index in [4.69, 9.17) is 0 Å². The lowest BCUT2D eigenvalue weighted by Gasteiger charge is -2.28. The third-order valence-corrected chi connectivity index (χ3v) is 6.87. The van der Waals surface area contributed by atoms with Crippen LogP contribution in [0.1, 0.15) is 24.1 Å². The van der Waals surface area contributed by atoms with Gasteiger partial charge in [0.2, 0.25) is 10.0 Å². The van der Waals surface area contributed by atoms with Gasteiger partial charge in [-0.15, -0.1) is 10.2 Å². The number of halogens is 2. The van der Waals surface area contributed by atoms with Gasteiger partial charge in [0.05, 0.1) is 23.6 Å². The monoisotopic (exact) mass is 399 g/mol. The molecule has 1 aromatic carbocycles. The number of hydrogen-bond donors (Lipinski definition) is 1. The molecular weight excluding hydrogens is 380 g/mol. The second-order valence-electron chi connectivity index (χ2n) is 6.91. The normalized spacial score (nSPS) is 24.3. The Balaban J connectivity index is 1.61. The van der Waals surface area contributed by atoms with Crippen LogP contribution < -0.4 is 0 Å². The highest BCUT2D eigenvalue weighted by atomic mass is 32.2. The van der Waals surface area contributed by atoms with Crippen molar-refractivity contribution in [2.75, 3.05) is 20.1 Å². The Hall–Kier alpha value is -1.95. The topological polar surface area (TPSA) is 91.6 Å². The molecule has 0 radical (unpaired) electrons. The van der Waals surface area contributed by atoms with Crippen LogP contribution in [-0.4, -0.2) is 63.7 Å². The molecule has 1 aromatic heterocycles. The number of fused-ring (bicyclic) bond motifs is 1. The Labute approximate surface area is 155 Å². The molecule has 27 heavy (non-hydrogen) atoms. The first kappa shape index (κ1) is 18.4. The highest BCUT2D eigenvalue weighted by Gasteiger charge is 2.36. The number of likely N-dealkylation sites (tertiary alicyclic amines) is 1. The van der Waals surface area contributed by atoms with Crippen molar-refractivity contribution >= 4 is 10.0 Å². The van der Waals surface area contributed by atoms with Crippen LogP contribution in [0.4, 0.5) is 8.78 Å². The molecule has 0 spiro atoms. The van der Waals surface area contributed by atoms with Gasteiger partial charge in [0.25, 0.3) is 0 Å². The smallest absolute Gasteiger partial charge is 0.243 e. The summed E-state index contributed by atoms with van der Waals surface area (Å²) in [6, 6.07) is 2.16. The lowest BCUT2D eigenvalue weighted by atomic mass is 10.2. The van der Waals surface area contributed by atoms with E-state index in [1.807, 2.05) is 16.5 Å². The molecule has 3 heterocycles. The molecule has 1 N–H and O–H groups in total. The molecule has 0 bridgehead atoms. The summed E-state index contributed by atoms with van der Waals surface area (Å²) in [6.07, 6.45) is 0.107. The third-order valence-electron chi connectivity index (χ3n) is 5.04. The molecule has 0 aliphatic carbocycles. The lowest BCUT2D eigenvalue weighted by Crippen LogP contribution is -2.39. The lowest BCUT2D eigenvalue weighted by molar-refractivity contribution is 0.182. The van der Waals surface area contributed by atoms with Crippen molar-refractivity contribution in [1.29, 1.82) is 0 Å². The number of rotatable bonds is 3. The van der Waals surface area contributed by atoms with Gasteiger partial charge in [0.1, 0.15) is 17.5 Å². The van der Waals surface area contributed by atoms with E-state index in [1.54, 1.807) is 0 Å². The fourth-order valence-electron chi connectivity index (χ4n) is 3.71. The zero-order chi connectivity index (χ0) is 19.3. The molecule has 1 saturated heterocycles. The van der Waals surface area contributed by atoms with Gasteiger partial charge in [-0.1, -0.05) is 0 Å². The maximum Gasteiger partial charge on any atom is 0.243 e. The van der Waals surface area contributed by atoms with Crippen LogP contribution in [0.2, 0.25) is 0 Å². The van der Waals surface area contributed by atoms with Gasteiger partial charge in [-0.3, -0.25) is 4.90 Å². The van der Waals surface area contributed by atoms with E-state index >= 15 is 0 Å². The van der Waals surface area contributed by atoms with Crippen LogP contribution >= 0.6 is 0 Å². The number of hydrogen-bond acceptors (Lipinski definition) is 6. The first-order valence-electron chi connectivity index (χ1n) is 8.52. The van der Waals surface area contributed by atoms with E-state index in [-0.39, 0.29) is 19.1 Å². The first-order chi connectivity index (χ1) is 12.8. The summed E-state index contributed by atoms with van der Waals surface area (Å²) >= 11 is 0. The van der Waals surface area contributed by atoms with Crippen molar-refractivity contribution in [2.45, 2.75) is 36.6 Å². The second-order valence-corrected chi connectivity index (χ2v) is 8.85. The van der Waals surface area contributed by atoms with Crippen molar-refractivity contribution in [3.05, 3.63) is 41.5 Å². The molecule has 0 saturated carbocycles. The Kier molecular flexibility index (Phi) is 4.49. The summed E-state index contributed by atoms with van der Waals surface area (Å²) < 4.78 is 55.4. The molecule has 11 heteroatoms. The number of aliphatic hydroxyl groups is 1. The molecule has 2 atom stereocenters. The Bertz CT molecular complexity index is 960. The average molecular weight is 399 g/mol. The summed E-state index contributed by atoms with van der Waals surface area (Å²) in [6.45, 7) is 0.970. The summed E-state index contributed by atoms with van der Waals surface area (Å²) in [4.78, 5) is 1.56. The maximum atomic E-state index is 13.4. The highest BCUT2D eigenvalue weighted by molar-refractivity contribution is 7.89. The van der Waals surface area contributed by atoms with Crippen LogP contribution in [0.3, 0.4) is 0 Å². The van der Waals surface area contributed by atoms with Gasteiger partial charge in [0.15, 0.2) is 5.82 Å². The largest absolute Gasteiger partial charge is 0.392 e. The van der Waals surface area contributed by atoms with Crippen molar-refractivity contribution in [3.8, 4) is 0 Å². The van der Waals surface area contributed by atoms with Gasteiger partial charge in [-0.05, 0) is 25.6 Å².